The van der Waals surface area contributed by atoms with Crippen LogP contribution in [0.15, 0.2) is 12.1 Å². The summed E-state index contributed by atoms with van der Waals surface area (Å²) < 4.78 is 0. The van der Waals surface area contributed by atoms with Gasteiger partial charge in [0.05, 0.1) is 0 Å². The second-order valence-electron chi connectivity index (χ2n) is 6.88. The number of rotatable bonds is 4. The zero-order valence-electron chi connectivity index (χ0n) is 14.5. The molecule has 0 spiro atoms. The van der Waals surface area contributed by atoms with Crippen LogP contribution in [0.4, 0.5) is 0 Å². The molecule has 0 saturated carbocycles. The highest BCUT2D eigenvalue weighted by atomic mass is 15.2. The van der Waals surface area contributed by atoms with Gasteiger partial charge in [0.2, 0.25) is 0 Å². The molecule has 118 valence electrons. The monoisotopic (exact) mass is 288 g/mol. The minimum Gasteiger partial charge on any atom is -0.313 e. The van der Waals surface area contributed by atoms with Crippen LogP contribution in [0.2, 0.25) is 0 Å². The fourth-order valence-electron chi connectivity index (χ4n) is 3.63. The maximum absolute atomic E-state index is 3.73. The number of aryl methyl sites for hydroxylation is 3. The van der Waals surface area contributed by atoms with Crippen LogP contribution in [0.5, 0.6) is 0 Å². The van der Waals surface area contributed by atoms with Crippen LogP contribution in [0.1, 0.15) is 55.4 Å². The molecular formula is C19H32N2. The molecule has 1 aromatic carbocycles. The lowest BCUT2D eigenvalue weighted by atomic mass is 9.98. The van der Waals surface area contributed by atoms with Crippen LogP contribution in [0.25, 0.3) is 0 Å². The lowest BCUT2D eigenvalue weighted by Crippen LogP contribution is -2.39. The Hall–Kier alpha value is -0.860. The molecule has 2 rings (SSSR count). The molecule has 0 amide bonds. The molecule has 1 aromatic rings. The third kappa shape index (κ3) is 4.31. The summed E-state index contributed by atoms with van der Waals surface area (Å²) >= 11 is 0. The second kappa shape index (κ2) is 7.42. The first-order valence-electron chi connectivity index (χ1n) is 8.55. The van der Waals surface area contributed by atoms with Crippen molar-refractivity contribution in [3.05, 3.63) is 34.4 Å². The molecule has 0 aliphatic carbocycles. The molecule has 2 unspecified atom stereocenters. The SMILES string of the molecule is CCCC1CN(Cc2c(C)cc(C)cc2C)C(C)CCN1. The minimum absolute atomic E-state index is 0.658. The number of hydrogen-bond donors (Lipinski definition) is 1. The van der Waals surface area contributed by atoms with Gasteiger partial charge in [0.25, 0.3) is 0 Å². The lowest BCUT2D eigenvalue weighted by Gasteiger charge is -2.30. The Morgan fingerprint density at radius 2 is 1.86 bits per heavy atom. The number of nitrogens with zero attached hydrogens (tertiary/aromatic N) is 1. The Labute approximate surface area is 130 Å². The second-order valence-corrected chi connectivity index (χ2v) is 6.88. The average molecular weight is 288 g/mol. The fraction of sp³-hybridized carbons (Fsp3) is 0.684. The van der Waals surface area contributed by atoms with E-state index in [4.69, 9.17) is 0 Å². The summed E-state index contributed by atoms with van der Waals surface area (Å²) in [6.07, 6.45) is 3.81. The van der Waals surface area contributed by atoms with Crippen LogP contribution in [0, 0.1) is 20.8 Å². The summed E-state index contributed by atoms with van der Waals surface area (Å²) in [5.41, 5.74) is 5.81. The van der Waals surface area contributed by atoms with Crippen LogP contribution >= 0.6 is 0 Å². The van der Waals surface area contributed by atoms with Gasteiger partial charge in [-0.05, 0) is 63.8 Å². The zero-order chi connectivity index (χ0) is 15.4. The minimum atomic E-state index is 0.658. The molecule has 1 heterocycles. The van der Waals surface area contributed by atoms with E-state index in [1.807, 2.05) is 0 Å². The Balaban J connectivity index is 2.15. The highest BCUT2D eigenvalue weighted by Crippen LogP contribution is 2.21. The van der Waals surface area contributed by atoms with Gasteiger partial charge >= 0.3 is 0 Å². The molecule has 1 aliphatic rings. The summed E-state index contributed by atoms with van der Waals surface area (Å²) in [5, 5.41) is 3.73. The molecule has 0 bridgehead atoms. The Kier molecular flexibility index (Phi) is 5.83. The number of benzene rings is 1. The molecule has 1 fully saturated rings. The first-order valence-corrected chi connectivity index (χ1v) is 8.55. The highest BCUT2D eigenvalue weighted by molar-refractivity contribution is 5.37. The lowest BCUT2D eigenvalue weighted by molar-refractivity contribution is 0.192. The van der Waals surface area contributed by atoms with Crippen molar-refractivity contribution in [3.63, 3.8) is 0 Å². The van der Waals surface area contributed by atoms with Crippen LogP contribution < -0.4 is 5.32 Å². The zero-order valence-corrected chi connectivity index (χ0v) is 14.5. The van der Waals surface area contributed by atoms with Crippen molar-refractivity contribution in [2.45, 2.75) is 72.5 Å². The average Bonchev–Trinajstić information content (AvgIpc) is 2.57. The van der Waals surface area contributed by atoms with Crippen LogP contribution in [-0.4, -0.2) is 30.1 Å². The number of nitrogens with one attached hydrogen (secondary N) is 1. The largest absolute Gasteiger partial charge is 0.313 e. The molecule has 0 aromatic heterocycles. The predicted octanol–water partition coefficient (Wildman–Crippen LogP) is 3.96. The van der Waals surface area contributed by atoms with Gasteiger partial charge in [-0.3, -0.25) is 4.90 Å². The van der Waals surface area contributed by atoms with Crippen molar-refractivity contribution in [1.29, 1.82) is 0 Å². The summed E-state index contributed by atoms with van der Waals surface area (Å²) in [6.45, 7) is 14.8. The van der Waals surface area contributed by atoms with Gasteiger partial charge in [-0.1, -0.05) is 31.0 Å². The molecule has 1 N–H and O–H groups in total. The van der Waals surface area contributed by atoms with E-state index in [1.165, 1.54) is 48.1 Å². The van der Waals surface area contributed by atoms with Crippen molar-refractivity contribution < 1.29 is 0 Å². The summed E-state index contributed by atoms with van der Waals surface area (Å²) in [4.78, 5) is 2.69. The van der Waals surface area contributed by atoms with Crippen molar-refractivity contribution in [1.82, 2.24) is 10.2 Å². The number of hydrogen-bond acceptors (Lipinski definition) is 2. The van der Waals surface area contributed by atoms with Crippen LogP contribution in [-0.2, 0) is 6.54 Å². The fourth-order valence-corrected chi connectivity index (χ4v) is 3.63. The first-order chi connectivity index (χ1) is 10.0. The van der Waals surface area contributed by atoms with Gasteiger partial charge < -0.3 is 5.32 Å². The van der Waals surface area contributed by atoms with E-state index in [-0.39, 0.29) is 0 Å². The van der Waals surface area contributed by atoms with Crippen molar-refractivity contribution in [2.24, 2.45) is 0 Å². The van der Waals surface area contributed by atoms with E-state index in [1.54, 1.807) is 0 Å². The van der Waals surface area contributed by atoms with Crippen molar-refractivity contribution >= 4 is 0 Å². The standard InChI is InChI=1S/C19H32N2/c1-6-7-18-12-21(17(5)8-9-20-18)13-19-15(3)10-14(2)11-16(19)4/h10-11,17-18,20H,6-9,12-13H2,1-5H3. The van der Waals surface area contributed by atoms with Gasteiger partial charge in [0, 0.05) is 25.2 Å². The summed E-state index contributed by atoms with van der Waals surface area (Å²) in [7, 11) is 0. The predicted molar refractivity (Wildman–Crippen MR) is 91.8 cm³/mol. The smallest absolute Gasteiger partial charge is 0.0242 e. The van der Waals surface area contributed by atoms with Crippen molar-refractivity contribution in [2.75, 3.05) is 13.1 Å². The Bertz CT molecular complexity index is 444. The highest BCUT2D eigenvalue weighted by Gasteiger charge is 2.23. The summed E-state index contributed by atoms with van der Waals surface area (Å²) in [5.74, 6) is 0. The molecule has 1 saturated heterocycles. The van der Waals surface area contributed by atoms with E-state index >= 15 is 0 Å². The van der Waals surface area contributed by atoms with E-state index in [2.05, 4.69) is 57.0 Å². The quantitative estimate of drug-likeness (QED) is 0.902. The maximum Gasteiger partial charge on any atom is 0.0242 e. The summed E-state index contributed by atoms with van der Waals surface area (Å²) in [6, 6.07) is 5.98. The van der Waals surface area contributed by atoms with Crippen molar-refractivity contribution in [3.8, 4) is 0 Å². The van der Waals surface area contributed by atoms with Gasteiger partial charge in [-0.15, -0.1) is 0 Å². The molecule has 1 aliphatic heterocycles. The molecule has 2 nitrogen and oxygen atoms in total. The molecule has 2 heteroatoms. The Morgan fingerprint density at radius 1 is 1.19 bits per heavy atom. The molecule has 0 radical (unpaired) electrons. The van der Waals surface area contributed by atoms with E-state index < -0.39 is 0 Å². The topological polar surface area (TPSA) is 15.3 Å². The van der Waals surface area contributed by atoms with E-state index in [0.717, 1.165) is 13.1 Å². The van der Waals surface area contributed by atoms with Gasteiger partial charge in [-0.25, -0.2) is 0 Å². The molecule has 2 atom stereocenters. The van der Waals surface area contributed by atoms with Gasteiger partial charge in [0.15, 0.2) is 0 Å². The van der Waals surface area contributed by atoms with Crippen LogP contribution in [0.3, 0.4) is 0 Å². The van der Waals surface area contributed by atoms with E-state index in [0.29, 0.717) is 12.1 Å². The molecular weight excluding hydrogens is 256 g/mol. The molecule has 21 heavy (non-hydrogen) atoms. The van der Waals surface area contributed by atoms with Gasteiger partial charge in [0.1, 0.15) is 0 Å². The van der Waals surface area contributed by atoms with E-state index in [9.17, 15) is 0 Å². The van der Waals surface area contributed by atoms with Gasteiger partial charge in [-0.2, -0.15) is 0 Å². The first kappa shape index (κ1) is 16.5. The third-order valence-corrected chi connectivity index (χ3v) is 4.91. The normalized spacial score (nSPS) is 24.0. The maximum atomic E-state index is 3.73. The third-order valence-electron chi connectivity index (χ3n) is 4.91. The Morgan fingerprint density at radius 3 is 2.48 bits per heavy atom.